The van der Waals surface area contributed by atoms with Crippen LogP contribution in [0.3, 0.4) is 0 Å². The van der Waals surface area contributed by atoms with E-state index in [1.54, 1.807) is 12.1 Å². The average Bonchev–Trinajstić information content (AvgIpc) is 2.27. The Morgan fingerprint density at radius 1 is 1.14 bits per heavy atom. The largest absolute Gasteiger partial charge is 0.468 e. The summed E-state index contributed by atoms with van der Waals surface area (Å²) in [5, 5.41) is 0. The minimum Gasteiger partial charge on any atom is -0.346 e. The maximum Gasteiger partial charge on any atom is 0.468 e. The smallest absolute Gasteiger partial charge is 0.346 e. The van der Waals surface area contributed by atoms with Crippen LogP contribution in [-0.4, -0.2) is 45.4 Å². The van der Waals surface area contributed by atoms with Crippen molar-refractivity contribution in [1.29, 1.82) is 0 Å². The summed E-state index contributed by atoms with van der Waals surface area (Å²) in [6.07, 6.45) is 1.45. The fraction of sp³-hybridized carbons (Fsp3) is 1.00. The lowest BCUT2D eigenvalue weighted by Crippen LogP contribution is -2.55. The van der Waals surface area contributed by atoms with Gasteiger partial charge in [-0.25, -0.2) is 0 Å². The summed E-state index contributed by atoms with van der Waals surface area (Å²) in [5.74, 6) is 0. The first-order valence-corrected chi connectivity index (χ1v) is 16.9. The second kappa shape index (κ2) is 5.31. The Labute approximate surface area is 107 Å². The first kappa shape index (κ1) is 13.7. The van der Waals surface area contributed by atoms with E-state index < -0.39 is 16.5 Å². The van der Waals surface area contributed by atoms with Gasteiger partial charge in [-0.15, -0.1) is 4.55 Å². The van der Waals surface area contributed by atoms with Gasteiger partial charge >= 0.3 is 18.2 Å². The third kappa shape index (κ3) is 3.31. The molecule has 1 rings (SSSR count). The van der Waals surface area contributed by atoms with Gasteiger partial charge < -0.3 is 17.1 Å². The molecule has 0 unspecified atom stereocenters. The molecule has 0 N–H and O–H groups in total. The molecule has 0 aromatic rings. The van der Waals surface area contributed by atoms with Crippen molar-refractivity contribution in [3.8, 4) is 0 Å². The second-order valence-electron chi connectivity index (χ2n) is 5.67. The summed E-state index contributed by atoms with van der Waals surface area (Å²) in [5.41, 5.74) is 0. The van der Waals surface area contributed by atoms with Gasteiger partial charge in [-0.2, -0.15) is 0 Å². The highest BCUT2D eigenvalue weighted by Gasteiger charge is 2.46. The maximum atomic E-state index is 3.66. The van der Waals surface area contributed by atoms with Crippen molar-refractivity contribution >= 4 is 47.5 Å². The zero-order valence-electron chi connectivity index (χ0n) is 10.1. The predicted octanol–water partition coefficient (Wildman–Crippen LogP) is 3.53. The number of hydrogen-bond donors (Lipinski definition) is 0. The topological polar surface area (TPSA) is 3.24 Å². The van der Waals surface area contributed by atoms with Crippen LogP contribution in [0, 0.1) is 0 Å². The summed E-state index contributed by atoms with van der Waals surface area (Å²) >= 11 is 3.78. The Morgan fingerprint density at radius 2 is 1.64 bits per heavy atom. The standard InChI is InChI=1S/C9H22NSi2.BrH.Mg/c1-6-7-10-11(2,3)8-9-12(10,4)5;;/h1,6-9H2,2-5H3;1H;/q;;+1/p-1. The van der Waals surface area contributed by atoms with Gasteiger partial charge in [0.1, 0.15) is 16.5 Å². The molecule has 0 saturated carbocycles. The molecule has 0 aliphatic carbocycles. The summed E-state index contributed by atoms with van der Waals surface area (Å²) in [6, 6.07) is 3.11. The Bertz CT molecular complexity index is 183. The lowest BCUT2D eigenvalue weighted by atomic mass is 10.5. The van der Waals surface area contributed by atoms with E-state index >= 15 is 0 Å². The quantitative estimate of drug-likeness (QED) is 0.567. The SMILES string of the molecule is C[Si]1(C)CC[Si](C)(C)N1CC[CH2][Mg][Br]. The molecule has 80 valence electrons. The molecule has 1 fully saturated rings. The molecule has 1 heterocycles. The minimum absolute atomic E-state index is 0.121. The monoisotopic (exact) mass is 303 g/mol. The number of rotatable bonds is 4. The van der Waals surface area contributed by atoms with Gasteiger partial charge in [-0.1, -0.05) is 32.6 Å². The van der Waals surface area contributed by atoms with E-state index in [0.29, 0.717) is 0 Å². The van der Waals surface area contributed by atoms with Crippen molar-refractivity contribution in [3.05, 3.63) is 0 Å². The van der Waals surface area contributed by atoms with Crippen molar-refractivity contribution in [1.82, 2.24) is 4.23 Å². The number of hydrogen-bond acceptors (Lipinski definition) is 1. The minimum atomic E-state index is -0.960. The van der Waals surface area contributed by atoms with Crippen molar-refractivity contribution in [2.45, 2.75) is 49.2 Å². The Morgan fingerprint density at radius 3 is 2.07 bits per heavy atom. The lowest BCUT2D eigenvalue weighted by Gasteiger charge is -2.39. The highest BCUT2D eigenvalue weighted by molar-refractivity contribution is 9.23. The predicted molar refractivity (Wildman–Crippen MR) is 75.4 cm³/mol. The van der Waals surface area contributed by atoms with Crippen LogP contribution in [0.15, 0.2) is 0 Å². The molecule has 0 atom stereocenters. The molecule has 14 heavy (non-hydrogen) atoms. The normalized spacial score (nSPS) is 24.9. The zero-order chi connectivity index (χ0) is 10.8. The van der Waals surface area contributed by atoms with Crippen LogP contribution >= 0.6 is 12.9 Å². The van der Waals surface area contributed by atoms with Gasteiger partial charge in [0.15, 0.2) is 0 Å². The maximum absolute atomic E-state index is 3.66. The molecule has 1 nitrogen and oxygen atoms in total. The van der Waals surface area contributed by atoms with Crippen LogP contribution in [0.2, 0.25) is 42.8 Å². The van der Waals surface area contributed by atoms with Crippen molar-refractivity contribution < 1.29 is 0 Å². The van der Waals surface area contributed by atoms with Crippen LogP contribution in [0.5, 0.6) is 0 Å². The highest BCUT2D eigenvalue weighted by Crippen LogP contribution is 2.36. The van der Waals surface area contributed by atoms with Crippen LogP contribution in [0.25, 0.3) is 0 Å². The van der Waals surface area contributed by atoms with Gasteiger partial charge in [0, 0.05) is 0 Å². The molecule has 1 aliphatic rings. The molecule has 5 heteroatoms. The van der Waals surface area contributed by atoms with E-state index in [1.165, 1.54) is 17.5 Å². The van der Waals surface area contributed by atoms with Crippen LogP contribution < -0.4 is 0 Å². The van der Waals surface area contributed by atoms with E-state index in [1.807, 2.05) is 0 Å². The van der Waals surface area contributed by atoms with E-state index in [9.17, 15) is 0 Å². The van der Waals surface area contributed by atoms with Gasteiger partial charge in [-0.05, 0) is 18.6 Å². The van der Waals surface area contributed by atoms with E-state index in [0.717, 1.165) is 0 Å². The highest BCUT2D eigenvalue weighted by atomic mass is 79.9. The van der Waals surface area contributed by atoms with Crippen LogP contribution in [-0.2, 0) is 0 Å². The molecule has 0 aromatic carbocycles. The Balaban J connectivity index is 2.53. The molecule has 1 saturated heterocycles. The molecule has 0 amide bonds. The van der Waals surface area contributed by atoms with Gasteiger partial charge in [0.2, 0.25) is 0 Å². The van der Waals surface area contributed by atoms with E-state index in [2.05, 4.69) is 43.3 Å². The van der Waals surface area contributed by atoms with Gasteiger partial charge in [-0.3, -0.25) is 0 Å². The molecule has 0 aromatic heterocycles. The summed E-state index contributed by atoms with van der Waals surface area (Å²) in [7, 11) is -1.92. The first-order chi connectivity index (χ1) is 6.40. The Kier molecular flexibility index (Phi) is 5.20. The summed E-state index contributed by atoms with van der Waals surface area (Å²) in [4.78, 5) is 0. The fourth-order valence-electron chi connectivity index (χ4n) is 2.67. The van der Waals surface area contributed by atoms with Gasteiger partial charge in [0.05, 0.1) is 0 Å². The number of nitrogens with zero attached hydrogens (tertiary/aromatic N) is 1. The van der Waals surface area contributed by atoms with Crippen molar-refractivity contribution in [3.63, 3.8) is 0 Å². The van der Waals surface area contributed by atoms with Crippen molar-refractivity contribution in [2.75, 3.05) is 6.54 Å². The van der Waals surface area contributed by atoms with Crippen LogP contribution in [0.1, 0.15) is 6.42 Å². The average molecular weight is 305 g/mol. The number of halogens is 1. The van der Waals surface area contributed by atoms with E-state index in [-0.39, 0.29) is 18.2 Å². The summed E-state index contributed by atoms with van der Waals surface area (Å²) < 4.78 is 4.47. The Hall–Kier alpha value is 1.64. The third-order valence-corrected chi connectivity index (χ3v) is 16.5. The zero-order valence-corrected chi connectivity index (χ0v) is 15.1. The second-order valence-corrected chi connectivity index (χ2v) is 18.9. The molecular formula is C9H22BrMgNSi2. The molecule has 0 radical (unpaired) electrons. The third-order valence-electron chi connectivity index (χ3n) is 3.58. The van der Waals surface area contributed by atoms with Gasteiger partial charge in [0.25, 0.3) is 0 Å². The molecular weight excluding hydrogens is 282 g/mol. The molecule has 0 spiro atoms. The lowest BCUT2D eigenvalue weighted by molar-refractivity contribution is 0.612. The molecule has 1 aliphatic heterocycles. The van der Waals surface area contributed by atoms with E-state index in [4.69, 9.17) is 0 Å². The molecule has 0 bridgehead atoms. The first-order valence-electron chi connectivity index (χ1n) is 5.74. The summed E-state index contributed by atoms with van der Waals surface area (Å²) in [6.45, 7) is 11.7. The fourth-order valence-corrected chi connectivity index (χ4v) is 18.5. The van der Waals surface area contributed by atoms with Crippen molar-refractivity contribution in [2.24, 2.45) is 0 Å². The van der Waals surface area contributed by atoms with Crippen LogP contribution in [0.4, 0.5) is 0 Å².